The lowest BCUT2D eigenvalue weighted by Gasteiger charge is -2.11. The van der Waals surface area contributed by atoms with Gasteiger partial charge in [0.1, 0.15) is 5.01 Å². The number of aryl methyl sites for hydroxylation is 1. The number of nitrogens with zero attached hydrogens (tertiary/aromatic N) is 2. The summed E-state index contributed by atoms with van der Waals surface area (Å²) < 4.78 is 0.340. The lowest BCUT2D eigenvalue weighted by atomic mass is 10.2. The summed E-state index contributed by atoms with van der Waals surface area (Å²) in [7, 11) is 0. The molecule has 2 aromatic rings. The van der Waals surface area contributed by atoms with Gasteiger partial charge in [-0.3, -0.25) is 14.9 Å². The summed E-state index contributed by atoms with van der Waals surface area (Å²) in [6, 6.07) is 4.02. The van der Waals surface area contributed by atoms with Crippen LogP contribution in [-0.2, 0) is 0 Å². The minimum absolute atomic E-state index is 0.139. The zero-order chi connectivity index (χ0) is 15.6. The van der Waals surface area contributed by atoms with Gasteiger partial charge in [0.25, 0.3) is 11.6 Å². The summed E-state index contributed by atoms with van der Waals surface area (Å²) in [5.74, 6) is -0.369. The van der Waals surface area contributed by atoms with Crippen molar-refractivity contribution in [3.63, 3.8) is 0 Å². The van der Waals surface area contributed by atoms with E-state index in [2.05, 4.69) is 26.2 Å². The zero-order valence-corrected chi connectivity index (χ0v) is 13.7. The second kappa shape index (κ2) is 6.31. The average Bonchev–Trinajstić information content (AvgIpc) is 2.85. The number of benzene rings is 1. The Morgan fingerprint density at radius 1 is 1.52 bits per heavy atom. The van der Waals surface area contributed by atoms with Crippen molar-refractivity contribution in [1.82, 2.24) is 10.3 Å². The smallest absolute Gasteiger partial charge is 0.284 e. The number of nitrogens with one attached hydrogen (secondary N) is 1. The van der Waals surface area contributed by atoms with E-state index in [0.717, 1.165) is 10.7 Å². The van der Waals surface area contributed by atoms with Crippen molar-refractivity contribution in [2.24, 2.45) is 0 Å². The van der Waals surface area contributed by atoms with E-state index >= 15 is 0 Å². The highest BCUT2D eigenvalue weighted by atomic mass is 79.9. The molecule has 2 rings (SSSR count). The van der Waals surface area contributed by atoms with Gasteiger partial charge in [0.15, 0.2) is 0 Å². The summed E-state index contributed by atoms with van der Waals surface area (Å²) in [4.78, 5) is 26.8. The van der Waals surface area contributed by atoms with Crippen LogP contribution in [0.25, 0.3) is 0 Å². The number of hydrogen-bond donors (Lipinski definition) is 1. The van der Waals surface area contributed by atoms with E-state index < -0.39 is 4.92 Å². The van der Waals surface area contributed by atoms with E-state index in [1.165, 1.54) is 29.5 Å². The number of hydrogen-bond acceptors (Lipinski definition) is 5. The fraction of sp³-hybridized carbons (Fsp3) is 0.231. The number of carbonyl (C=O) groups excluding carboxylic acids is 1. The molecule has 1 aromatic carbocycles. The maximum Gasteiger partial charge on any atom is 0.284 e. The van der Waals surface area contributed by atoms with Crippen LogP contribution in [0.15, 0.2) is 28.1 Å². The Morgan fingerprint density at radius 2 is 2.24 bits per heavy atom. The monoisotopic (exact) mass is 369 g/mol. The molecular formula is C13H12BrN3O3S. The summed E-state index contributed by atoms with van der Waals surface area (Å²) in [5.41, 5.74) is 1.00. The summed E-state index contributed by atoms with van der Waals surface area (Å²) in [6.07, 6.45) is 0. The summed E-state index contributed by atoms with van der Waals surface area (Å²) >= 11 is 4.55. The molecular weight excluding hydrogens is 358 g/mol. The predicted molar refractivity (Wildman–Crippen MR) is 83.5 cm³/mol. The molecule has 1 unspecified atom stereocenters. The number of thiazole rings is 1. The SMILES string of the molecule is Cc1csc(C(C)NC(=O)c2ccc(Br)c([N+](=O)[O-])c2)n1. The van der Waals surface area contributed by atoms with Crippen LogP contribution in [0.1, 0.15) is 34.0 Å². The van der Waals surface area contributed by atoms with Crippen molar-refractivity contribution in [1.29, 1.82) is 0 Å². The Labute approximate surface area is 133 Å². The number of aromatic nitrogens is 1. The van der Waals surface area contributed by atoms with Gasteiger partial charge in [0, 0.05) is 22.7 Å². The lowest BCUT2D eigenvalue weighted by Crippen LogP contribution is -2.26. The fourth-order valence-corrected chi connectivity index (χ4v) is 2.90. The molecule has 0 aliphatic heterocycles. The first kappa shape index (κ1) is 15.6. The Balaban J connectivity index is 2.17. The minimum Gasteiger partial charge on any atom is -0.343 e. The normalized spacial score (nSPS) is 12.0. The molecule has 8 heteroatoms. The molecule has 110 valence electrons. The molecule has 1 heterocycles. The van der Waals surface area contributed by atoms with Crippen LogP contribution in [0.4, 0.5) is 5.69 Å². The molecule has 0 bridgehead atoms. The molecule has 0 aliphatic rings. The second-order valence-corrected chi connectivity index (χ2v) is 6.19. The Hall–Kier alpha value is -1.80. The molecule has 1 amide bonds. The van der Waals surface area contributed by atoms with Crippen molar-refractivity contribution in [3.05, 3.63) is 54.4 Å². The first-order valence-electron chi connectivity index (χ1n) is 6.05. The third-order valence-corrected chi connectivity index (χ3v) is 4.58. The number of carbonyl (C=O) groups is 1. The standard InChI is InChI=1S/C13H12BrN3O3S/c1-7-6-21-13(15-7)8(2)16-12(18)9-3-4-10(14)11(5-9)17(19)20/h3-6,8H,1-2H3,(H,16,18). The van der Waals surface area contributed by atoms with Gasteiger partial charge >= 0.3 is 0 Å². The Kier molecular flexibility index (Phi) is 4.69. The van der Waals surface area contributed by atoms with E-state index in [0.29, 0.717) is 4.47 Å². The molecule has 1 atom stereocenters. The number of nitro groups is 1. The van der Waals surface area contributed by atoms with E-state index in [9.17, 15) is 14.9 Å². The van der Waals surface area contributed by atoms with Crippen molar-refractivity contribution < 1.29 is 9.72 Å². The average molecular weight is 370 g/mol. The molecule has 0 saturated carbocycles. The van der Waals surface area contributed by atoms with Crippen LogP contribution in [0.2, 0.25) is 0 Å². The van der Waals surface area contributed by atoms with Gasteiger partial charge in [-0.2, -0.15) is 0 Å². The summed E-state index contributed by atoms with van der Waals surface area (Å²) in [5, 5.41) is 16.4. The first-order valence-corrected chi connectivity index (χ1v) is 7.72. The van der Waals surface area contributed by atoms with Gasteiger partial charge in [-0.1, -0.05) is 0 Å². The van der Waals surface area contributed by atoms with Gasteiger partial charge in [-0.05, 0) is 41.9 Å². The second-order valence-electron chi connectivity index (χ2n) is 4.45. The van der Waals surface area contributed by atoms with Crippen LogP contribution in [-0.4, -0.2) is 15.8 Å². The third kappa shape index (κ3) is 3.64. The molecule has 1 N–H and O–H groups in total. The van der Waals surface area contributed by atoms with Crippen LogP contribution < -0.4 is 5.32 Å². The minimum atomic E-state index is -0.533. The number of nitro benzene ring substituents is 1. The quantitative estimate of drug-likeness (QED) is 0.658. The highest BCUT2D eigenvalue weighted by Gasteiger charge is 2.18. The fourth-order valence-electron chi connectivity index (χ4n) is 1.71. The van der Waals surface area contributed by atoms with Crippen molar-refractivity contribution in [3.8, 4) is 0 Å². The highest BCUT2D eigenvalue weighted by molar-refractivity contribution is 9.10. The maximum atomic E-state index is 12.1. The van der Waals surface area contributed by atoms with Gasteiger partial charge in [-0.25, -0.2) is 4.98 Å². The molecule has 6 nitrogen and oxygen atoms in total. The van der Waals surface area contributed by atoms with Crippen LogP contribution in [0.3, 0.4) is 0 Å². The number of amides is 1. The molecule has 0 aliphatic carbocycles. The Bertz CT molecular complexity index is 702. The van der Waals surface area contributed by atoms with E-state index in [1.54, 1.807) is 0 Å². The van der Waals surface area contributed by atoms with E-state index in [1.807, 2.05) is 19.2 Å². The molecule has 0 spiro atoms. The van der Waals surface area contributed by atoms with E-state index in [4.69, 9.17) is 0 Å². The van der Waals surface area contributed by atoms with Crippen molar-refractivity contribution in [2.45, 2.75) is 19.9 Å². The van der Waals surface area contributed by atoms with Gasteiger partial charge in [0.2, 0.25) is 0 Å². The third-order valence-electron chi connectivity index (χ3n) is 2.76. The summed E-state index contributed by atoms with van der Waals surface area (Å²) in [6.45, 7) is 3.70. The molecule has 21 heavy (non-hydrogen) atoms. The lowest BCUT2D eigenvalue weighted by molar-refractivity contribution is -0.385. The van der Waals surface area contributed by atoms with Crippen molar-refractivity contribution >= 4 is 38.9 Å². The van der Waals surface area contributed by atoms with Crippen LogP contribution >= 0.6 is 27.3 Å². The number of rotatable bonds is 4. The zero-order valence-electron chi connectivity index (χ0n) is 11.3. The van der Waals surface area contributed by atoms with Crippen molar-refractivity contribution in [2.75, 3.05) is 0 Å². The largest absolute Gasteiger partial charge is 0.343 e. The Morgan fingerprint density at radius 3 is 2.81 bits per heavy atom. The van der Waals surface area contributed by atoms with Crippen LogP contribution in [0, 0.1) is 17.0 Å². The van der Waals surface area contributed by atoms with E-state index in [-0.39, 0.29) is 23.2 Å². The van der Waals surface area contributed by atoms with Crippen LogP contribution in [0.5, 0.6) is 0 Å². The molecule has 1 aromatic heterocycles. The maximum absolute atomic E-state index is 12.1. The molecule has 0 fully saturated rings. The topological polar surface area (TPSA) is 85.1 Å². The number of halogens is 1. The highest BCUT2D eigenvalue weighted by Crippen LogP contribution is 2.26. The van der Waals surface area contributed by atoms with Gasteiger partial charge in [-0.15, -0.1) is 11.3 Å². The first-order chi connectivity index (χ1) is 9.88. The predicted octanol–water partition coefficient (Wildman–Crippen LogP) is 3.61. The van der Waals surface area contributed by atoms with Gasteiger partial charge < -0.3 is 5.32 Å². The molecule has 0 saturated heterocycles. The van der Waals surface area contributed by atoms with Gasteiger partial charge in [0.05, 0.1) is 15.4 Å². The molecule has 0 radical (unpaired) electrons.